The average Bonchev–Trinajstić information content (AvgIpc) is 3.37. The number of pyridine rings is 1. The summed E-state index contributed by atoms with van der Waals surface area (Å²) in [5.74, 6) is 2.56. The van der Waals surface area contributed by atoms with Gasteiger partial charge in [0, 0.05) is 25.4 Å². The quantitative estimate of drug-likeness (QED) is 0.619. The smallest absolute Gasteiger partial charge is 0.214 e. The van der Waals surface area contributed by atoms with Gasteiger partial charge in [0.25, 0.3) is 0 Å². The monoisotopic (exact) mass is 348 g/mol. The summed E-state index contributed by atoms with van der Waals surface area (Å²) in [5.41, 5.74) is 0. The molecule has 1 aliphatic rings. The Morgan fingerprint density at radius 1 is 1.12 bits per heavy atom. The number of nitrogens with one attached hydrogen (secondary N) is 3. The fraction of sp³-hybridized carbons (Fsp3) is 0.400. The van der Waals surface area contributed by atoms with E-state index in [1.54, 1.807) is 19.2 Å². The van der Waals surface area contributed by atoms with Gasteiger partial charge < -0.3 is 10.6 Å². The third kappa shape index (κ3) is 4.62. The van der Waals surface area contributed by atoms with E-state index in [4.69, 9.17) is 0 Å². The first-order valence-corrected chi connectivity index (χ1v) is 9.34. The van der Waals surface area contributed by atoms with Crippen molar-refractivity contribution in [3.63, 3.8) is 0 Å². The maximum Gasteiger partial charge on any atom is 0.214 e. The number of hydrogen-bond donors (Lipinski definition) is 3. The lowest BCUT2D eigenvalue weighted by molar-refractivity contribution is 0.581. The second-order valence-corrected chi connectivity index (χ2v) is 7.64. The van der Waals surface area contributed by atoms with Crippen molar-refractivity contribution in [3.8, 4) is 0 Å². The molecule has 3 rings (SSSR count). The van der Waals surface area contributed by atoms with Crippen LogP contribution in [0, 0.1) is 6.92 Å². The summed E-state index contributed by atoms with van der Waals surface area (Å²) < 4.78 is 26.1. The van der Waals surface area contributed by atoms with E-state index in [9.17, 15) is 8.42 Å². The summed E-state index contributed by atoms with van der Waals surface area (Å²) in [6, 6.07) is 7.33. The molecule has 0 radical (unpaired) electrons. The van der Waals surface area contributed by atoms with Crippen molar-refractivity contribution in [2.45, 2.75) is 25.0 Å². The van der Waals surface area contributed by atoms with Gasteiger partial charge in [0.15, 0.2) is 0 Å². The van der Waals surface area contributed by atoms with Crippen LogP contribution in [0.1, 0.15) is 18.7 Å². The molecule has 1 saturated carbocycles. The largest absolute Gasteiger partial charge is 0.369 e. The van der Waals surface area contributed by atoms with E-state index in [-0.39, 0.29) is 5.25 Å². The number of rotatable bonds is 8. The van der Waals surface area contributed by atoms with Crippen molar-refractivity contribution in [2.24, 2.45) is 0 Å². The second-order valence-electron chi connectivity index (χ2n) is 5.59. The van der Waals surface area contributed by atoms with Gasteiger partial charge in [-0.2, -0.15) is 0 Å². The predicted octanol–water partition coefficient (Wildman–Crippen LogP) is 1.42. The second kappa shape index (κ2) is 7.10. The molecule has 0 spiro atoms. The summed E-state index contributed by atoms with van der Waals surface area (Å²) in [4.78, 5) is 12.8. The highest BCUT2D eigenvalue weighted by atomic mass is 32.2. The summed E-state index contributed by atoms with van der Waals surface area (Å²) in [6.07, 6.45) is 3.22. The molecular weight excluding hydrogens is 328 g/mol. The van der Waals surface area contributed by atoms with Gasteiger partial charge in [0.1, 0.15) is 23.3 Å². The number of nitrogens with zero attached hydrogens (tertiary/aromatic N) is 3. The molecule has 1 aliphatic carbocycles. The molecule has 0 atom stereocenters. The van der Waals surface area contributed by atoms with E-state index in [1.807, 2.05) is 18.2 Å². The minimum atomic E-state index is -3.14. The molecule has 3 N–H and O–H groups in total. The number of aryl methyl sites for hydroxylation is 1. The first-order chi connectivity index (χ1) is 11.5. The lowest BCUT2D eigenvalue weighted by Gasteiger charge is -2.10. The average molecular weight is 348 g/mol. The Morgan fingerprint density at radius 3 is 2.62 bits per heavy atom. The van der Waals surface area contributed by atoms with E-state index < -0.39 is 10.0 Å². The van der Waals surface area contributed by atoms with Crippen LogP contribution in [-0.2, 0) is 10.0 Å². The summed E-state index contributed by atoms with van der Waals surface area (Å²) >= 11 is 0. The SMILES string of the molecule is Cc1nc(NCCNS(=O)(=O)C2CC2)cc(Nc2ccccn2)n1. The molecule has 0 aliphatic heterocycles. The van der Waals surface area contributed by atoms with Crippen LogP contribution in [0.25, 0.3) is 0 Å². The molecule has 0 saturated heterocycles. The molecule has 9 heteroatoms. The Labute approximate surface area is 141 Å². The molecule has 2 aromatic heterocycles. The van der Waals surface area contributed by atoms with Crippen molar-refractivity contribution in [2.75, 3.05) is 23.7 Å². The van der Waals surface area contributed by atoms with Crippen LogP contribution < -0.4 is 15.4 Å². The van der Waals surface area contributed by atoms with E-state index in [0.717, 1.165) is 12.8 Å². The molecule has 128 valence electrons. The van der Waals surface area contributed by atoms with Gasteiger partial charge in [0.2, 0.25) is 10.0 Å². The molecule has 0 unspecified atom stereocenters. The minimum Gasteiger partial charge on any atom is -0.369 e. The van der Waals surface area contributed by atoms with Gasteiger partial charge >= 0.3 is 0 Å². The highest BCUT2D eigenvalue weighted by Crippen LogP contribution is 2.27. The highest BCUT2D eigenvalue weighted by molar-refractivity contribution is 7.90. The Morgan fingerprint density at radius 2 is 1.92 bits per heavy atom. The Kier molecular flexibility index (Phi) is 4.91. The van der Waals surface area contributed by atoms with Gasteiger partial charge in [-0.1, -0.05) is 6.07 Å². The Balaban J connectivity index is 1.55. The lowest BCUT2D eigenvalue weighted by Crippen LogP contribution is -2.31. The molecule has 0 aromatic carbocycles. The molecule has 2 aromatic rings. The summed E-state index contributed by atoms with van der Waals surface area (Å²) in [6.45, 7) is 2.57. The fourth-order valence-corrected chi connectivity index (χ4v) is 3.55. The molecule has 24 heavy (non-hydrogen) atoms. The zero-order chi connectivity index (χ0) is 17.0. The van der Waals surface area contributed by atoms with Crippen LogP contribution in [-0.4, -0.2) is 41.7 Å². The van der Waals surface area contributed by atoms with Crippen molar-refractivity contribution in [1.29, 1.82) is 0 Å². The van der Waals surface area contributed by atoms with Gasteiger partial charge in [0.05, 0.1) is 5.25 Å². The molecule has 2 heterocycles. The van der Waals surface area contributed by atoms with Crippen molar-refractivity contribution in [1.82, 2.24) is 19.7 Å². The van der Waals surface area contributed by atoms with Crippen molar-refractivity contribution < 1.29 is 8.42 Å². The van der Waals surface area contributed by atoms with Gasteiger partial charge in [-0.3, -0.25) is 0 Å². The van der Waals surface area contributed by atoms with Crippen LogP contribution in [0.5, 0.6) is 0 Å². The molecule has 0 bridgehead atoms. The fourth-order valence-electron chi connectivity index (χ4n) is 2.17. The van der Waals surface area contributed by atoms with E-state index >= 15 is 0 Å². The number of anilines is 3. The van der Waals surface area contributed by atoms with Crippen LogP contribution in [0.2, 0.25) is 0 Å². The first-order valence-electron chi connectivity index (χ1n) is 7.79. The Bertz CT molecular complexity index is 793. The Hall–Kier alpha value is -2.26. The zero-order valence-corrected chi connectivity index (χ0v) is 14.2. The maximum atomic E-state index is 11.7. The van der Waals surface area contributed by atoms with Gasteiger partial charge in [-0.15, -0.1) is 0 Å². The molecular formula is C15H20N6O2S. The summed E-state index contributed by atoms with van der Waals surface area (Å²) in [5, 5.41) is 6.01. The van der Waals surface area contributed by atoms with Crippen LogP contribution in [0.3, 0.4) is 0 Å². The number of aromatic nitrogens is 3. The lowest BCUT2D eigenvalue weighted by atomic mass is 10.4. The van der Waals surface area contributed by atoms with E-state index in [0.29, 0.717) is 36.4 Å². The zero-order valence-electron chi connectivity index (χ0n) is 13.4. The van der Waals surface area contributed by atoms with Crippen molar-refractivity contribution in [3.05, 3.63) is 36.3 Å². The van der Waals surface area contributed by atoms with E-state index in [2.05, 4.69) is 30.3 Å². The standard InChI is InChI=1S/C15H20N6O2S/c1-11-19-14(17-8-9-18-24(22,23)12-5-6-12)10-15(20-11)21-13-4-2-3-7-16-13/h2-4,7,10,12,18H,5-6,8-9H2,1H3,(H2,16,17,19,20,21). The predicted molar refractivity (Wildman–Crippen MR) is 92.7 cm³/mol. The first kappa shape index (κ1) is 16.6. The maximum absolute atomic E-state index is 11.7. The molecule has 0 amide bonds. The molecule has 8 nitrogen and oxygen atoms in total. The van der Waals surface area contributed by atoms with Crippen LogP contribution in [0.15, 0.2) is 30.5 Å². The van der Waals surface area contributed by atoms with Crippen LogP contribution in [0.4, 0.5) is 17.5 Å². The van der Waals surface area contributed by atoms with Gasteiger partial charge in [-0.05, 0) is 31.9 Å². The number of hydrogen-bond acceptors (Lipinski definition) is 7. The highest BCUT2D eigenvalue weighted by Gasteiger charge is 2.35. The summed E-state index contributed by atoms with van der Waals surface area (Å²) in [7, 11) is -3.14. The number of sulfonamides is 1. The normalized spacial score (nSPS) is 14.4. The van der Waals surface area contributed by atoms with E-state index in [1.165, 1.54) is 0 Å². The van der Waals surface area contributed by atoms with Gasteiger partial charge in [-0.25, -0.2) is 28.1 Å². The van der Waals surface area contributed by atoms with Crippen LogP contribution >= 0.6 is 0 Å². The van der Waals surface area contributed by atoms with Crippen molar-refractivity contribution >= 4 is 27.5 Å². The third-order valence-corrected chi connectivity index (χ3v) is 5.41. The third-order valence-electron chi connectivity index (χ3n) is 3.46. The minimum absolute atomic E-state index is 0.201. The topological polar surface area (TPSA) is 109 Å². The molecule has 1 fully saturated rings.